The van der Waals surface area contributed by atoms with Gasteiger partial charge in [0.05, 0.1) is 24.3 Å². The molecule has 1 unspecified atom stereocenters. The number of fused-ring (bicyclic) bond motifs is 1. The van der Waals surface area contributed by atoms with Crippen molar-refractivity contribution in [2.45, 2.75) is 95.4 Å². The van der Waals surface area contributed by atoms with E-state index < -0.39 is 5.60 Å². The first kappa shape index (κ1) is 21.8. The number of aliphatic hydroxyl groups is 2. The Kier molecular flexibility index (Phi) is 6.52. The van der Waals surface area contributed by atoms with Gasteiger partial charge in [-0.25, -0.2) is 0 Å². The van der Waals surface area contributed by atoms with Crippen LogP contribution in [0.15, 0.2) is 18.2 Å². The predicted octanol–water partition coefficient (Wildman–Crippen LogP) is 3.42. The first-order valence-electron chi connectivity index (χ1n) is 11.9. The molecule has 0 aromatic heterocycles. The van der Waals surface area contributed by atoms with Crippen LogP contribution >= 0.6 is 0 Å². The lowest BCUT2D eigenvalue weighted by molar-refractivity contribution is -0.135. The smallest absolute Gasteiger partial charge is 0.237 e. The van der Waals surface area contributed by atoms with Gasteiger partial charge in [-0.15, -0.1) is 0 Å². The summed E-state index contributed by atoms with van der Waals surface area (Å²) in [6.45, 7) is 4.70. The minimum atomic E-state index is -0.853. The average Bonchev–Trinajstić information content (AvgIpc) is 3.15. The molecule has 4 rings (SSSR count). The van der Waals surface area contributed by atoms with E-state index in [4.69, 9.17) is 0 Å². The molecule has 5 nitrogen and oxygen atoms in total. The summed E-state index contributed by atoms with van der Waals surface area (Å²) >= 11 is 0. The number of aliphatic hydroxyl groups excluding tert-OH is 1. The van der Waals surface area contributed by atoms with Crippen LogP contribution < -0.4 is 5.32 Å². The molecular formula is C25H38N2O3. The van der Waals surface area contributed by atoms with Gasteiger partial charge in [-0.1, -0.05) is 37.5 Å². The normalized spacial score (nSPS) is 27.9. The third-order valence-corrected chi connectivity index (χ3v) is 7.54. The zero-order chi connectivity index (χ0) is 21.3. The molecular weight excluding hydrogens is 376 g/mol. The second-order valence-electron chi connectivity index (χ2n) is 10.1. The highest BCUT2D eigenvalue weighted by Crippen LogP contribution is 2.42. The number of nitrogens with zero attached hydrogens (tertiary/aromatic N) is 1. The topological polar surface area (TPSA) is 72.8 Å². The molecule has 1 aromatic rings. The first-order chi connectivity index (χ1) is 14.3. The van der Waals surface area contributed by atoms with E-state index >= 15 is 0 Å². The molecule has 2 saturated carbocycles. The summed E-state index contributed by atoms with van der Waals surface area (Å²) in [5.74, 6) is 0.661. The summed E-state index contributed by atoms with van der Waals surface area (Å²) in [5.41, 5.74) is 2.65. The van der Waals surface area contributed by atoms with Crippen LogP contribution in [0, 0.1) is 5.92 Å². The Labute approximate surface area is 180 Å². The average molecular weight is 415 g/mol. The van der Waals surface area contributed by atoms with Crippen molar-refractivity contribution in [1.82, 2.24) is 10.2 Å². The fourth-order valence-corrected chi connectivity index (χ4v) is 5.78. The maximum Gasteiger partial charge on any atom is 0.237 e. The van der Waals surface area contributed by atoms with Crippen molar-refractivity contribution in [3.63, 3.8) is 0 Å². The minimum absolute atomic E-state index is 0.0495. The van der Waals surface area contributed by atoms with Gasteiger partial charge in [0.1, 0.15) is 0 Å². The Balaban J connectivity index is 1.56. The lowest BCUT2D eigenvalue weighted by atomic mass is 9.76. The van der Waals surface area contributed by atoms with Crippen LogP contribution in [0.2, 0.25) is 0 Å². The molecule has 3 aliphatic rings. The number of amides is 1. The van der Waals surface area contributed by atoms with Gasteiger partial charge in [0, 0.05) is 12.6 Å². The molecule has 2 fully saturated rings. The molecule has 1 heterocycles. The molecule has 166 valence electrons. The van der Waals surface area contributed by atoms with E-state index in [9.17, 15) is 15.0 Å². The summed E-state index contributed by atoms with van der Waals surface area (Å²) in [6, 6.07) is 6.53. The highest BCUT2D eigenvalue weighted by molar-refractivity contribution is 5.79. The van der Waals surface area contributed by atoms with Crippen molar-refractivity contribution in [3.8, 4) is 0 Å². The van der Waals surface area contributed by atoms with E-state index in [-0.39, 0.29) is 24.1 Å². The molecule has 3 atom stereocenters. The summed E-state index contributed by atoms with van der Waals surface area (Å²) in [7, 11) is 0. The van der Waals surface area contributed by atoms with Gasteiger partial charge < -0.3 is 20.4 Å². The monoisotopic (exact) mass is 414 g/mol. The van der Waals surface area contributed by atoms with Crippen molar-refractivity contribution in [2.24, 2.45) is 5.92 Å². The van der Waals surface area contributed by atoms with Gasteiger partial charge in [0.25, 0.3) is 0 Å². The molecule has 30 heavy (non-hydrogen) atoms. The van der Waals surface area contributed by atoms with E-state index in [0.29, 0.717) is 12.5 Å². The van der Waals surface area contributed by atoms with Crippen molar-refractivity contribution < 1.29 is 15.0 Å². The van der Waals surface area contributed by atoms with Crippen molar-refractivity contribution >= 4 is 5.91 Å². The number of hydrogen-bond acceptors (Lipinski definition) is 4. The van der Waals surface area contributed by atoms with Gasteiger partial charge >= 0.3 is 0 Å². The van der Waals surface area contributed by atoms with Crippen LogP contribution in [0.5, 0.6) is 0 Å². The number of rotatable bonds is 5. The van der Waals surface area contributed by atoms with Gasteiger partial charge in [-0.05, 0) is 75.0 Å². The van der Waals surface area contributed by atoms with E-state index in [2.05, 4.69) is 22.3 Å². The van der Waals surface area contributed by atoms with E-state index in [1.807, 2.05) is 19.9 Å². The number of carbonyl (C=O) groups excluding carboxylic acids is 1. The van der Waals surface area contributed by atoms with Gasteiger partial charge in [-0.3, -0.25) is 4.79 Å². The van der Waals surface area contributed by atoms with Gasteiger partial charge in [0.2, 0.25) is 5.91 Å². The number of benzene rings is 1. The molecule has 1 aliphatic heterocycles. The molecule has 0 bridgehead atoms. The second-order valence-corrected chi connectivity index (χ2v) is 10.1. The Hall–Kier alpha value is -1.43. The van der Waals surface area contributed by atoms with Gasteiger partial charge in [0.15, 0.2) is 0 Å². The van der Waals surface area contributed by atoms with Crippen molar-refractivity contribution in [1.29, 1.82) is 0 Å². The summed E-state index contributed by atoms with van der Waals surface area (Å²) < 4.78 is 0. The van der Waals surface area contributed by atoms with Crippen molar-refractivity contribution in [2.75, 3.05) is 13.1 Å². The molecule has 0 saturated heterocycles. The highest BCUT2D eigenvalue weighted by atomic mass is 16.3. The quantitative estimate of drug-likeness (QED) is 0.690. The number of carbonyl (C=O) groups is 1. The predicted molar refractivity (Wildman–Crippen MR) is 118 cm³/mol. The Morgan fingerprint density at radius 1 is 1.13 bits per heavy atom. The van der Waals surface area contributed by atoms with E-state index in [0.717, 1.165) is 37.8 Å². The number of hydrogen-bond donors (Lipinski definition) is 3. The Morgan fingerprint density at radius 3 is 2.57 bits per heavy atom. The van der Waals surface area contributed by atoms with Crippen LogP contribution in [0.4, 0.5) is 0 Å². The van der Waals surface area contributed by atoms with Crippen molar-refractivity contribution in [3.05, 3.63) is 34.9 Å². The van der Waals surface area contributed by atoms with Crippen LogP contribution in [0.3, 0.4) is 0 Å². The van der Waals surface area contributed by atoms with Gasteiger partial charge in [-0.2, -0.15) is 0 Å². The largest absolute Gasteiger partial charge is 0.392 e. The molecule has 1 aromatic carbocycles. The lowest BCUT2D eigenvalue weighted by Gasteiger charge is -2.43. The SMILES string of the molecule is CC(C)(O)c1ccc2c(c1)CCN(C(=O)CN[C@H]1CCC[C@@H]1O)C2C1CCCCC1. The zero-order valence-corrected chi connectivity index (χ0v) is 18.6. The third-order valence-electron chi connectivity index (χ3n) is 7.54. The maximum absolute atomic E-state index is 13.3. The second kappa shape index (κ2) is 8.97. The fraction of sp³-hybridized carbons (Fsp3) is 0.720. The summed E-state index contributed by atoms with van der Waals surface area (Å²) in [6.07, 6.45) is 9.45. The van der Waals surface area contributed by atoms with Crippen LogP contribution in [-0.2, 0) is 16.8 Å². The maximum atomic E-state index is 13.3. The molecule has 1 amide bonds. The molecule has 0 spiro atoms. The molecule has 2 aliphatic carbocycles. The third kappa shape index (κ3) is 4.58. The van der Waals surface area contributed by atoms with Crippen LogP contribution in [0.25, 0.3) is 0 Å². The Bertz CT molecular complexity index is 751. The summed E-state index contributed by atoms with van der Waals surface area (Å²) in [4.78, 5) is 15.4. The fourth-order valence-electron chi connectivity index (χ4n) is 5.78. The summed E-state index contributed by atoms with van der Waals surface area (Å²) in [5, 5.41) is 23.9. The van der Waals surface area contributed by atoms with Crippen LogP contribution in [-0.4, -0.2) is 46.3 Å². The van der Waals surface area contributed by atoms with Crippen LogP contribution in [0.1, 0.15) is 87.9 Å². The molecule has 5 heteroatoms. The lowest BCUT2D eigenvalue weighted by Crippen LogP contribution is -2.49. The zero-order valence-electron chi connectivity index (χ0n) is 18.6. The van der Waals surface area contributed by atoms with E-state index in [1.165, 1.54) is 43.2 Å². The standard InChI is InChI=1S/C25H38N2O3/c1-25(2,30)19-11-12-20-18(15-19)13-14-27(24(20)17-7-4-3-5-8-17)23(29)16-26-21-9-6-10-22(21)28/h11-12,15,17,21-22,24,26,28,30H,3-10,13-14,16H2,1-2H3/t21-,22-,24?/m0/s1. The first-order valence-corrected chi connectivity index (χ1v) is 11.9. The highest BCUT2D eigenvalue weighted by Gasteiger charge is 2.37. The molecule has 3 N–H and O–H groups in total. The Morgan fingerprint density at radius 2 is 1.90 bits per heavy atom. The number of nitrogens with one attached hydrogen (secondary N) is 1. The minimum Gasteiger partial charge on any atom is -0.392 e. The molecule has 0 radical (unpaired) electrons. The van der Waals surface area contributed by atoms with E-state index in [1.54, 1.807) is 0 Å².